The van der Waals surface area contributed by atoms with Gasteiger partial charge in [-0.25, -0.2) is 4.39 Å². The molecular weight excluding hydrogens is 185 g/mol. The zero-order valence-corrected chi connectivity index (χ0v) is 8.54. The first-order valence-corrected chi connectivity index (χ1v) is 4.24. The predicted octanol–water partition coefficient (Wildman–Crippen LogP) is 1.60. The average molecular weight is 199 g/mol. The van der Waals surface area contributed by atoms with E-state index in [1.807, 2.05) is 19.0 Å². The Morgan fingerprint density at radius 3 is 2.57 bits per heavy atom. The van der Waals surface area contributed by atoms with Crippen molar-refractivity contribution < 1.29 is 14.2 Å². The molecule has 0 saturated carbocycles. The quantitative estimate of drug-likeness (QED) is 0.802. The Morgan fingerprint density at radius 2 is 2.07 bits per heavy atom. The first-order chi connectivity index (χ1) is 6.54. The van der Waals surface area contributed by atoms with Crippen molar-refractivity contribution in [1.29, 1.82) is 0 Å². The van der Waals surface area contributed by atoms with Gasteiger partial charge in [-0.3, -0.25) is 0 Å². The Hall–Kier alpha value is -1.29. The Labute approximate surface area is 82.7 Å². The van der Waals surface area contributed by atoms with Crippen molar-refractivity contribution in [3.8, 4) is 11.5 Å². The standard InChI is InChI=1S/C10H14FNO2/c1-12(2)6-7-4-8(11)10(13)9(5-7)14-3/h4-5,13H,6H2,1-3H3. The molecule has 0 atom stereocenters. The number of ether oxygens (including phenoxy) is 1. The van der Waals surface area contributed by atoms with Crippen LogP contribution in [-0.2, 0) is 6.54 Å². The summed E-state index contributed by atoms with van der Waals surface area (Å²) in [4.78, 5) is 1.91. The van der Waals surface area contributed by atoms with Crippen molar-refractivity contribution in [2.75, 3.05) is 21.2 Å². The maximum Gasteiger partial charge on any atom is 0.194 e. The highest BCUT2D eigenvalue weighted by molar-refractivity contribution is 5.43. The fourth-order valence-corrected chi connectivity index (χ4v) is 1.24. The zero-order valence-electron chi connectivity index (χ0n) is 8.54. The number of methoxy groups -OCH3 is 1. The molecule has 0 amide bonds. The number of benzene rings is 1. The van der Waals surface area contributed by atoms with Gasteiger partial charge in [0, 0.05) is 6.54 Å². The van der Waals surface area contributed by atoms with Crippen LogP contribution in [-0.4, -0.2) is 31.2 Å². The number of rotatable bonds is 3. The summed E-state index contributed by atoms with van der Waals surface area (Å²) in [6.07, 6.45) is 0. The van der Waals surface area contributed by atoms with Gasteiger partial charge in [0.25, 0.3) is 0 Å². The van der Waals surface area contributed by atoms with Gasteiger partial charge < -0.3 is 14.7 Å². The Bertz CT molecular complexity index is 326. The predicted molar refractivity (Wildman–Crippen MR) is 52.0 cm³/mol. The van der Waals surface area contributed by atoms with Crippen molar-refractivity contribution in [2.45, 2.75) is 6.54 Å². The van der Waals surface area contributed by atoms with Gasteiger partial charge in [-0.15, -0.1) is 0 Å². The Kier molecular flexibility index (Phi) is 3.30. The second-order valence-electron chi connectivity index (χ2n) is 3.37. The van der Waals surface area contributed by atoms with E-state index in [2.05, 4.69) is 0 Å². The lowest BCUT2D eigenvalue weighted by atomic mass is 10.2. The van der Waals surface area contributed by atoms with Gasteiger partial charge in [0.1, 0.15) is 0 Å². The first kappa shape index (κ1) is 10.8. The minimum atomic E-state index is -0.652. The Balaban J connectivity index is 3.03. The summed E-state index contributed by atoms with van der Waals surface area (Å²) in [6, 6.07) is 2.93. The summed E-state index contributed by atoms with van der Waals surface area (Å²) >= 11 is 0. The number of phenolic OH excluding ortho intramolecular Hbond substituents is 1. The van der Waals surface area contributed by atoms with Crippen LogP contribution in [0.25, 0.3) is 0 Å². The number of halogens is 1. The molecule has 1 rings (SSSR count). The summed E-state index contributed by atoms with van der Waals surface area (Å²) in [5, 5.41) is 9.24. The molecule has 0 unspecified atom stereocenters. The fourth-order valence-electron chi connectivity index (χ4n) is 1.24. The van der Waals surface area contributed by atoms with E-state index in [0.29, 0.717) is 6.54 Å². The van der Waals surface area contributed by atoms with Gasteiger partial charge in [0.15, 0.2) is 17.3 Å². The minimum absolute atomic E-state index is 0.168. The van der Waals surface area contributed by atoms with Crippen molar-refractivity contribution in [3.63, 3.8) is 0 Å². The molecule has 14 heavy (non-hydrogen) atoms. The van der Waals surface area contributed by atoms with Crippen LogP contribution in [0.2, 0.25) is 0 Å². The molecule has 1 aromatic rings. The third kappa shape index (κ3) is 2.35. The third-order valence-electron chi connectivity index (χ3n) is 1.81. The molecule has 0 saturated heterocycles. The lowest BCUT2D eigenvalue weighted by Crippen LogP contribution is -2.10. The second-order valence-corrected chi connectivity index (χ2v) is 3.37. The van der Waals surface area contributed by atoms with Gasteiger partial charge >= 0.3 is 0 Å². The van der Waals surface area contributed by atoms with E-state index in [1.165, 1.54) is 13.2 Å². The number of aromatic hydroxyl groups is 1. The maximum atomic E-state index is 13.1. The van der Waals surface area contributed by atoms with E-state index in [0.717, 1.165) is 5.56 Å². The average Bonchev–Trinajstić information content (AvgIpc) is 2.10. The second kappa shape index (κ2) is 4.28. The van der Waals surface area contributed by atoms with Crippen LogP contribution in [0.4, 0.5) is 4.39 Å². The SMILES string of the molecule is COc1cc(CN(C)C)cc(F)c1O. The van der Waals surface area contributed by atoms with Crippen molar-refractivity contribution in [2.24, 2.45) is 0 Å². The van der Waals surface area contributed by atoms with Crippen LogP contribution in [0.1, 0.15) is 5.56 Å². The molecule has 4 heteroatoms. The molecule has 1 N–H and O–H groups in total. The monoisotopic (exact) mass is 199 g/mol. The smallest absolute Gasteiger partial charge is 0.194 e. The highest BCUT2D eigenvalue weighted by Crippen LogP contribution is 2.30. The van der Waals surface area contributed by atoms with E-state index in [9.17, 15) is 9.50 Å². The number of hydrogen-bond acceptors (Lipinski definition) is 3. The summed E-state index contributed by atoms with van der Waals surface area (Å²) in [7, 11) is 5.17. The van der Waals surface area contributed by atoms with Crippen molar-refractivity contribution in [1.82, 2.24) is 4.90 Å². The minimum Gasteiger partial charge on any atom is -0.502 e. The van der Waals surface area contributed by atoms with Crippen LogP contribution in [0, 0.1) is 5.82 Å². The van der Waals surface area contributed by atoms with Gasteiger partial charge in [-0.2, -0.15) is 0 Å². The molecule has 0 bridgehead atoms. The van der Waals surface area contributed by atoms with Gasteiger partial charge in [0.05, 0.1) is 7.11 Å². The van der Waals surface area contributed by atoms with Gasteiger partial charge in [-0.05, 0) is 31.8 Å². The summed E-state index contributed by atoms with van der Waals surface area (Å²) in [6.45, 7) is 0.605. The maximum absolute atomic E-state index is 13.1. The van der Waals surface area contributed by atoms with E-state index in [1.54, 1.807) is 6.07 Å². The molecule has 1 aromatic carbocycles. The molecule has 0 heterocycles. The number of phenols is 1. The lowest BCUT2D eigenvalue weighted by molar-refractivity contribution is 0.352. The van der Waals surface area contributed by atoms with Crippen LogP contribution < -0.4 is 4.74 Å². The summed E-state index contributed by atoms with van der Waals surface area (Å²) in [5.74, 6) is -0.918. The van der Waals surface area contributed by atoms with Gasteiger partial charge in [0.2, 0.25) is 0 Å². The van der Waals surface area contributed by atoms with E-state index in [-0.39, 0.29) is 5.75 Å². The topological polar surface area (TPSA) is 32.7 Å². The molecular formula is C10H14FNO2. The lowest BCUT2D eigenvalue weighted by Gasteiger charge is -2.12. The first-order valence-electron chi connectivity index (χ1n) is 4.24. The normalized spacial score (nSPS) is 10.6. The molecule has 78 valence electrons. The van der Waals surface area contributed by atoms with Crippen LogP contribution >= 0.6 is 0 Å². The van der Waals surface area contributed by atoms with E-state index in [4.69, 9.17) is 4.74 Å². The molecule has 0 aliphatic heterocycles. The highest BCUT2D eigenvalue weighted by atomic mass is 19.1. The van der Waals surface area contributed by atoms with E-state index >= 15 is 0 Å². The largest absolute Gasteiger partial charge is 0.502 e. The summed E-state index contributed by atoms with van der Waals surface area (Å²) < 4.78 is 18.0. The van der Waals surface area contributed by atoms with Crippen LogP contribution in [0.3, 0.4) is 0 Å². The van der Waals surface area contributed by atoms with Crippen LogP contribution in [0.5, 0.6) is 11.5 Å². The summed E-state index contributed by atoms with van der Waals surface area (Å²) in [5.41, 5.74) is 0.766. The van der Waals surface area contributed by atoms with Gasteiger partial charge in [-0.1, -0.05) is 0 Å². The molecule has 0 aliphatic rings. The zero-order chi connectivity index (χ0) is 10.7. The number of hydrogen-bond donors (Lipinski definition) is 1. The molecule has 0 fully saturated rings. The molecule has 0 aliphatic carbocycles. The Morgan fingerprint density at radius 1 is 1.43 bits per heavy atom. The van der Waals surface area contributed by atoms with E-state index < -0.39 is 11.6 Å². The van der Waals surface area contributed by atoms with Crippen LogP contribution in [0.15, 0.2) is 12.1 Å². The molecule has 0 spiro atoms. The highest BCUT2D eigenvalue weighted by Gasteiger charge is 2.10. The molecule has 0 aromatic heterocycles. The van der Waals surface area contributed by atoms with Crippen molar-refractivity contribution >= 4 is 0 Å². The third-order valence-corrected chi connectivity index (χ3v) is 1.81. The number of nitrogens with zero attached hydrogens (tertiary/aromatic N) is 1. The molecule has 3 nitrogen and oxygen atoms in total. The van der Waals surface area contributed by atoms with Crippen molar-refractivity contribution in [3.05, 3.63) is 23.5 Å². The fraction of sp³-hybridized carbons (Fsp3) is 0.400. The molecule has 0 radical (unpaired) electrons.